The first-order valence-electron chi connectivity index (χ1n) is 6.89. The van der Waals surface area contributed by atoms with Gasteiger partial charge in [0, 0.05) is 18.3 Å². The van der Waals surface area contributed by atoms with E-state index in [-0.39, 0.29) is 17.3 Å². The van der Waals surface area contributed by atoms with E-state index in [9.17, 15) is 13.6 Å². The van der Waals surface area contributed by atoms with Gasteiger partial charge in [-0.2, -0.15) is 0 Å². The number of nitrogens with zero attached hydrogens (tertiary/aromatic N) is 2. The van der Waals surface area contributed by atoms with Crippen molar-refractivity contribution in [3.63, 3.8) is 0 Å². The van der Waals surface area contributed by atoms with E-state index in [0.717, 1.165) is 18.7 Å². The Hall–Kier alpha value is -1.74. The van der Waals surface area contributed by atoms with E-state index in [4.69, 9.17) is 0 Å². The largest absolute Gasteiger partial charge is 0.360 e. The Morgan fingerprint density at radius 1 is 1.30 bits per heavy atom. The van der Waals surface area contributed by atoms with E-state index in [1.807, 2.05) is 0 Å². The second kappa shape index (κ2) is 8.21. The molecule has 0 atom stereocenters. The SMILES string of the molecule is CC(C)CNc1nnc(SCC(=O)Nc2ccc(F)c(F)c2)s1. The van der Waals surface area contributed by atoms with Gasteiger partial charge < -0.3 is 10.6 Å². The number of hydrogen-bond acceptors (Lipinski definition) is 6. The van der Waals surface area contributed by atoms with Crippen molar-refractivity contribution in [2.45, 2.75) is 18.2 Å². The van der Waals surface area contributed by atoms with Gasteiger partial charge in [0.2, 0.25) is 11.0 Å². The van der Waals surface area contributed by atoms with Crippen molar-refractivity contribution < 1.29 is 13.6 Å². The standard InChI is InChI=1S/C14H16F2N4OS2/c1-8(2)6-17-13-19-20-14(23-13)22-7-12(21)18-9-3-4-10(15)11(16)5-9/h3-5,8H,6-7H2,1-2H3,(H,17,19)(H,18,21). The maximum Gasteiger partial charge on any atom is 0.234 e. The molecule has 5 nitrogen and oxygen atoms in total. The monoisotopic (exact) mass is 358 g/mol. The molecule has 0 aliphatic heterocycles. The fourth-order valence-electron chi connectivity index (χ4n) is 1.53. The third kappa shape index (κ3) is 5.76. The molecule has 0 unspecified atom stereocenters. The second-order valence-corrected chi connectivity index (χ2v) is 7.31. The number of nitrogens with one attached hydrogen (secondary N) is 2. The number of rotatable bonds is 7. The molecule has 1 aromatic carbocycles. The number of anilines is 2. The van der Waals surface area contributed by atoms with Crippen LogP contribution in [0, 0.1) is 17.6 Å². The van der Waals surface area contributed by atoms with E-state index in [2.05, 4.69) is 34.7 Å². The second-order valence-electron chi connectivity index (χ2n) is 5.11. The number of thioether (sulfide) groups is 1. The summed E-state index contributed by atoms with van der Waals surface area (Å²) < 4.78 is 26.5. The van der Waals surface area contributed by atoms with Crippen molar-refractivity contribution in [1.82, 2.24) is 10.2 Å². The van der Waals surface area contributed by atoms with Crippen LogP contribution in [0.5, 0.6) is 0 Å². The Kier molecular flexibility index (Phi) is 6.28. The summed E-state index contributed by atoms with van der Waals surface area (Å²) in [5, 5.41) is 14.3. The van der Waals surface area contributed by atoms with Gasteiger partial charge in [0.1, 0.15) is 0 Å². The molecular formula is C14H16F2N4OS2. The minimum absolute atomic E-state index is 0.109. The molecule has 0 spiro atoms. The highest BCUT2D eigenvalue weighted by Gasteiger charge is 2.10. The lowest BCUT2D eigenvalue weighted by molar-refractivity contribution is -0.113. The first-order valence-corrected chi connectivity index (χ1v) is 8.69. The maximum absolute atomic E-state index is 13.1. The maximum atomic E-state index is 13.1. The number of hydrogen-bond donors (Lipinski definition) is 2. The molecule has 23 heavy (non-hydrogen) atoms. The average Bonchev–Trinajstić information content (AvgIpc) is 2.95. The first-order chi connectivity index (χ1) is 10.9. The van der Waals surface area contributed by atoms with Crippen LogP contribution in [0.25, 0.3) is 0 Å². The van der Waals surface area contributed by atoms with Gasteiger partial charge >= 0.3 is 0 Å². The van der Waals surface area contributed by atoms with E-state index in [1.165, 1.54) is 29.2 Å². The topological polar surface area (TPSA) is 66.9 Å². The van der Waals surface area contributed by atoms with Gasteiger partial charge in [-0.1, -0.05) is 36.9 Å². The zero-order valence-electron chi connectivity index (χ0n) is 12.6. The first kappa shape index (κ1) is 17.6. The molecule has 2 N–H and O–H groups in total. The molecule has 124 valence electrons. The van der Waals surface area contributed by atoms with Crippen LogP contribution < -0.4 is 10.6 Å². The van der Waals surface area contributed by atoms with Crippen molar-refractivity contribution in [2.24, 2.45) is 5.92 Å². The Balaban J connectivity index is 1.81. The third-order valence-electron chi connectivity index (χ3n) is 2.60. The van der Waals surface area contributed by atoms with Crippen LogP contribution in [0.3, 0.4) is 0 Å². The predicted molar refractivity (Wildman–Crippen MR) is 88.9 cm³/mol. The van der Waals surface area contributed by atoms with Crippen molar-refractivity contribution >= 4 is 39.8 Å². The summed E-state index contributed by atoms with van der Waals surface area (Å²) in [6.45, 7) is 4.98. The molecule has 2 rings (SSSR count). The normalized spacial score (nSPS) is 10.8. The van der Waals surface area contributed by atoms with Crippen molar-refractivity contribution in [3.8, 4) is 0 Å². The van der Waals surface area contributed by atoms with E-state index < -0.39 is 11.6 Å². The van der Waals surface area contributed by atoms with Crippen LogP contribution in [0.15, 0.2) is 22.5 Å². The van der Waals surface area contributed by atoms with Crippen LogP contribution in [0.2, 0.25) is 0 Å². The Morgan fingerprint density at radius 3 is 2.78 bits per heavy atom. The third-order valence-corrected chi connectivity index (χ3v) is 4.61. The highest BCUT2D eigenvalue weighted by Crippen LogP contribution is 2.25. The molecule has 0 saturated heterocycles. The molecule has 0 aliphatic rings. The lowest BCUT2D eigenvalue weighted by Crippen LogP contribution is -2.14. The fraction of sp³-hybridized carbons (Fsp3) is 0.357. The minimum Gasteiger partial charge on any atom is -0.360 e. The molecule has 0 fully saturated rings. The van der Waals surface area contributed by atoms with Crippen LogP contribution in [0.4, 0.5) is 19.6 Å². The Bertz CT molecular complexity index is 679. The minimum atomic E-state index is -1.000. The molecule has 0 aliphatic carbocycles. The molecule has 1 heterocycles. The van der Waals surface area contributed by atoms with Gasteiger partial charge in [-0.3, -0.25) is 4.79 Å². The van der Waals surface area contributed by atoms with E-state index in [1.54, 1.807) is 0 Å². The van der Waals surface area contributed by atoms with Gasteiger partial charge in [0.15, 0.2) is 16.0 Å². The van der Waals surface area contributed by atoms with E-state index in [0.29, 0.717) is 15.4 Å². The number of aromatic nitrogens is 2. The molecule has 9 heteroatoms. The Morgan fingerprint density at radius 2 is 2.09 bits per heavy atom. The van der Waals surface area contributed by atoms with Gasteiger partial charge in [-0.05, 0) is 18.1 Å². The van der Waals surface area contributed by atoms with Crippen LogP contribution in [-0.2, 0) is 4.79 Å². The summed E-state index contributed by atoms with van der Waals surface area (Å²) in [7, 11) is 0. The highest BCUT2D eigenvalue weighted by molar-refractivity contribution is 8.01. The molecule has 2 aromatic rings. The summed E-state index contributed by atoms with van der Waals surface area (Å²) in [5.41, 5.74) is 0.214. The molecule has 0 bridgehead atoms. The summed E-state index contributed by atoms with van der Waals surface area (Å²) in [5.74, 6) is -1.67. The number of benzene rings is 1. The lowest BCUT2D eigenvalue weighted by atomic mass is 10.2. The predicted octanol–water partition coefficient (Wildman–Crippen LogP) is 3.62. The fourth-order valence-corrected chi connectivity index (χ4v) is 3.09. The van der Waals surface area contributed by atoms with Gasteiger partial charge in [-0.15, -0.1) is 10.2 Å². The van der Waals surface area contributed by atoms with Crippen LogP contribution in [0.1, 0.15) is 13.8 Å². The number of amides is 1. The zero-order valence-corrected chi connectivity index (χ0v) is 14.2. The van der Waals surface area contributed by atoms with Crippen LogP contribution in [-0.4, -0.2) is 28.4 Å². The van der Waals surface area contributed by atoms with Crippen molar-refractivity contribution in [1.29, 1.82) is 0 Å². The molecule has 1 aromatic heterocycles. The average molecular weight is 358 g/mol. The quantitative estimate of drug-likeness (QED) is 0.740. The molecule has 0 saturated carbocycles. The molecule has 1 amide bonds. The van der Waals surface area contributed by atoms with E-state index >= 15 is 0 Å². The summed E-state index contributed by atoms with van der Waals surface area (Å²) >= 11 is 2.60. The van der Waals surface area contributed by atoms with Gasteiger partial charge in [-0.25, -0.2) is 8.78 Å². The molecule has 0 radical (unpaired) electrons. The van der Waals surface area contributed by atoms with Crippen molar-refractivity contribution in [2.75, 3.05) is 22.9 Å². The summed E-state index contributed by atoms with van der Waals surface area (Å²) in [4.78, 5) is 11.8. The summed E-state index contributed by atoms with van der Waals surface area (Å²) in [6.07, 6.45) is 0. The summed E-state index contributed by atoms with van der Waals surface area (Å²) in [6, 6.07) is 3.21. The number of carbonyl (C=O) groups excluding carboxylic acids is 1. The van der Waals surface area contributed by atoms with Gasteiger partial charge in [0.25, 0.3) is 0 Å². The van der Waals surface area contributed by atoms with Crippen LogP contribution >= 0.6 is 23.1 Å². The Labute approximate surface area is 140 Å². The number of halogens is 2. The lowest BCUT2D eigenvalue weighted by Gasteiger charge is -2.04. The highest BCUT2D eigenvalue weighted by atomic mass is 32.2. The zero-order chi connectivity index (χ0) is 16.8. The molecular weight excluding hydrogens is 342 g/mol. The van der Waals surface area contributed by atoms with Crippen molar-refractivity contribution in [3.05, 3.63) is 29.8 Å². The smallest absolute Gasteiger partial charge is 0.234 e. The van der Waals surface area contributed by atoms with Gasteiger partial charge in [0.05, 0.1) is 5.75 Å². The number of carbonyl (C=O) groups is 1.